The monoisotopic (exact) mass is 243 g/mol. The average molecular weight is 243 g/mol. The van der Waals surface area contributed by atoms with Gasteiger partial charge < -0.3 is 9.84 Å². The molecule has 0 spiro atoms. The van der Waals surface area contributed by atoms with Gasteiger partial charge in [-0.2, -0.15) is 0 Å². The van der Waals surface area contributed by atoms with Crippen LogP contribution in [0.2, 0.25) is 0 Å². The summed E-state index contributed by atoms with van der Waals surface area (Å²) in [5.74, 6) is 1.52. The van der Waals surface area contributed by atoms with Crippen molar-refractivity contribution in [2.75, 3.05) is 7.05 Å². The molecule has 94 valence electrons. The summed E-state index contributed by atoms with van der Waals surface area (Å²) in [6.07, 6.45) is 4.38. The van der Waals surface area contributed by atoms with Crippen LogP contribution in [0.25, 0.3) is 11.3 Å². The molecule has 0 aromatic carbocycles. The molecule has 4 heteroatoms. The molecule has 3 rings (SSSR count). The minimum atomic E-state index is 0.177. The van der Waals surface area contributed by atoms with E-state index in [1.165, 1.54) is 18.5 Å². The van der Waals surface area contributed by atoms with E-state index in [0.29, 0.717) is 5.92 Å². The SMILES string of the molecule is CNC(C)c1cc(-c2ccnc(C3CC3)c2)no1. The minimum absolute atomic E-state index is 0.177. The van der Waals surface area contributed by atoms with Gasteiger partial charge >= 0.3 is 0 Å². The maximum Gasteiger partial charge on any atom is 0.153 e. The van der Waals surface area contributed by atoms with Crippen LogP contribution in [-0.2, 0) is 0 Å². The minimum Gasteiger partial charge on any atom is -0.359 e. The predicted molar refractivity (Wildman–Crippen MR) is 69.2 cm³/mol. The summed E-state index contributed by atoms with van der Waals surface area (Å²) in [6, 6.07) is 6.28. The topological polar surface area (TPSA) is 51.0 Å². The van der Waals surface area contributed by atoms with Crippen LogP contribution >= 0.6 is 0 Å². The molecular formula is C14H17N3O. The molecule has 1 fully saturated rings. The molecule has 2 aromatic heterocycles. The number of nitrogens with one attached hydrogen (secondary N) is 1. The Kier molecular flexibility index (Phi) is 2.88. The van der Waals surface area contributed by atoms with E-state index in [0.717, 1.165) is 17.0 Å². The van der Waals surface area contributed by atoms with Crippen molar-refractivity contribution in [2.45, 2.75) is 31.7 Å². The van der Waals surface area contributed by atoms with Gasteiger partial charge in [0.25, 0.3) is 0 Å². The summed E-state index contributed by atoms with van der Waals surface area (Å²) in [6.45, 7) is 2.05. The van der Waals surface area contributed by atoms with Crippen LogP contribution in [0.1, 0.15) is 43.2 Å². The smallest absolute Gasteiger partial charge is 0.153 e. The summed E-state index contributed by atoms with van der Waals surface area (Å²) >= 11 is 0. The Morgan fingerprint density at radius 2 is 2.22 bits per heavy atom. The van der Waals surface area contributed by atoms with Gasteiger partial charge in [0.1, 0.15) is 5.69 Å². The van der Waals surface area contributed by atoms with Crippen molar-refractivity contribution in [1.82, 2.24) is 15.5 Å². The summed E-state index contributed by atoms with van der Waals surface area (Å²) < 4.78 is 5.35. The van der Waals surface area contributed by atoms with E-state index >= 15 is 0 Å². The molecular weight excluding hydrogens is 226 g/mol. The number of hydrogen-bond donors (Lipinski definition) is 1. The van der Waals surface area contributed by atoms with Crippen LogP contribution in [0.5, 0.6) is 0 Å². The molecule has 1 unspecified atom stereocenters. The number of hydrogen-bond acceptors (Lipinski definition) is 4. The molecule has 0 amide bonds. The first-order valence-electron chi connectivity index (χ1n) is 6.38. The van der Waals surface area contributed by atoms with Crippen LogP contribution < -0.4 is 5.32 Å². The molecule has 1 aliphatic rings. The number of nitrogens with zero attached hydrogens (tertiary/aromatic N) is 2. The quantitative estimate of drug-likeness (QED) is 0.897. The summed E-state index contributed by atoms with van der Waals surface area (Å²) in [5.41, 5.74) is 3.15. The van der Waals surface area contributed by atoms with Crippen molar-refractivity contribution in [3.8, 4) is 11.3 Å². The Morgan fingerprint density at radius 3 is 2.94 bits per heavy atom. The van der Waals surface area contributed by atoms with E-state index in [4.69, 9.17) is 4.52 Å². The molecule has 1 saturated carbocycles. The lowest BCUT2D eigenvalue weighted by Crippen LogP contribution is -2.11. The molecule has 4 nitrogen and oxygen atoms in total. The summed E-state index contributed by atoms with van der Waals surface area (Å²) in [4.78, 5) is 4.41. The highest BCUT2D eigenvalue weighted by Gasteiger charge is 2.25. The third kappa shape index (κ3) is 2.16. The zero-order valence-electron chi connectivity index (χ0n) is 10.7. The number of pyridine rings is 1. The van der Waals surface area contributed by atoms with E-state index in [1.54, 1.807) is 0 Å². The summed E-state index contributed by atoms with van der Waals surface area (Å²) in [7, 11) is 1.91. The van der Waals surface area contributed by atoms with Crippen molar-refractivity contribution >= 4 is 0 Å². The van der Waals surface area contributed by atoms with Crippen LogP contribution in [0.4, 0.5) is 0 Å². The van der Waals surface area contributed by atoms with Gasteiger partial charge in [0, 0.05) is 29.4 Å². The summed E-state index contributed by atoms with van der Waals surface area (Å²) in [5, 5.41) is 7.27. The van der Waals surface area contributed by atoms with Gasteiger partial charge in [-0.05, 0) is 38.9 Å². The van der Waals surface area contributed by atoms with E-state index in [-0.39, 0.29) is 6.04 Å². The molecule has 18 heavy (non-hydrogen) atoms. The zero-order valence-corrected chi connectivity index (χ0v) is 10.7. The Labute approximate surface area is 106 Å². The highest BCUT2D eigenvalue weighted by Crippen LogP contribution is 2.39. The third-order valence-electron chi connectivity index (χ3n) is 3.46. The highest BCUT2D eigenvalue weighted by atomic mass is 16.5. The molecule has 1 atom stereocenters. The fourth-order valence-electron chi connectivity index (χ4n) is 1.98. The highest BCUT2D eigenvalue weighted by molar-refractivity contribution is 5.59. The average Bonchev–Trinajstić information content (AvgIpc) is 3.15. The van der Waals surface area contributed by atoms with Crippen molar-refractivity contribution in [3.05, 3.63) is 35.9 Å². The Balaban J connectivity index is 1.89. The van der Waals surface area contributed by atoms with Crippen molar-refractivity contribution in [2.24, 2.45) is 0 Å². The second-order valence-electron chi connectivity index (χ2n) is 4.87. The van der Waals surface area contributed by atoms with E-state index in [1.807, 2.05) is 32.3 Å². The Hall–Kier alpha value is -1.68. The van der Waals surface area contributed by atoms with Crippen molar-refractivity contribution in [1.29, 1.82) is 0 Å². The second kappa shape index (κ2) is 4.53. The van der Waals surface area contributed by atoms with E-state index in [9.17, 15) is 0 Å². The largest absolute Gasteiger partial charge is 0.359 e. The Morgan fingerprint density at radius 1 is 1.39 bits per heavy atom. The number of aromatic nitrogens is 2. The lowest BCUT2D eigenvalue weighted by Gasteiger charge is -2.03. The van der Waals surface area contributed by atoms with Crippen LogP contribution in [0, 0.1) is 0 Å². The molecule has 0 radical (unpaired) electrons. The maximum absolute atomic E-state index is 5.35. The van der Waals surface area contributed by atoms with Gasteiger partial charge in [0.05, 0.1) is 6.04 Å². The molecule has 0 aliphatic heterocycles. The molecule has 2 aromatic rings. The van der Waals surface area contributed by atoms with E-state index < -0.39 is 0 Å². The first kappa shape index (κ1) is 11.4. The standard InChI is InChI=1S/C14H17N3O/c1-9(15-2)14-8-13(17-18-14)11-5-6-16-12(7-11)10-3-4-10/h5-10,15H,3-4H2,1-2H3. The van der Waals surface area contributed by atoms with Crippen LogP contribution in [0.15, 0.2) is 28.9 Å². The fourth-order valence-corrected chi connectivity index (χ4v) is 1.98. The lowest BCUT2D eigenvalue weighted by molar-refractivity contribution is 0.355. The molecule has 0 bridgehead atoms. The third-order valence-corrected chi connectivity index (χ3v) is 3.46. The molecule has 1 aliphatic carbocycles. The van der Waals surface area contributed by atoms with Gasteiger partial charge in [0.2, 0.25) is 0 Å². The van der Waals surface area contributed by atoms with Gasteiger partial charge in [-0.3, -0.25) is 4.98 Å². The molecule has 2 heterocycles. The van der Waals surface area contributed by atoms with Gasteiger partial charge in [-0.25, -0.2) is 0 Å². The lowest BCUT2D eigenvalue weighted by atomic mass is 10.1. The molecule has 0 saturated heterocycles. The first-order valence-corrected chi connectivity index (χ1v) is 6.38. The van der Waals surface area contributed by atoms with Crippen LogP contribution in [0.3, 0.4) is 0 Å². The van der Waals surface area contributed by atoms with Gasteiger partial charge in [-0.1, -0.05) is 5.16 Å². The van der Waals surface area contributed by atoms with Gasteiger partial charge in [-0.15, -0.1) is 0 Å². The number of rotatable bonds is 4. The molecule has 1 N–H and O–H groups in total. The van der Waals surface area contributed by atoms with Crippen LogP contribution in [-0.4, -0.2) is 17.2 Å². The van der Waals surface area contributed by atoms with Crippen molar-refractivity contribution < 1.29 is 4.52 Å². The Bertz CT molecular complexity index is 545. The normalized spacial score (nSPS) is 16.8. The second-order valence-corrected chi connectivity index (χ2v) is 4.87. The van der Waals surface area contributed by atoms with E-state index in [2.05, 4.69) is 21.5 Å². The maximum atomic E-state index is 5.35. The van der Waals surface area contributed by atoms with Gasteiger partial charge in [0.15, 0.2) is 5.76 Å². The fraction of sp³-hybridized carbons (Fsp3) is 0.429. The van der Waals surface area contributed by atoms with Crippen molar-refractivity contribution in [3.63, 3.8) is 0 Å². The predicted octanol–water partition coefficient (Wildman–Crippen LogP) is 2.89. The first-order chi connectivity index (χ1) is 8.78. The zero-order chi connectivity index (χ0) is 12.5.